The number of aryl methyl sites for hydroxylation is 3. The molecule has 6 rings (SSSR count). The van der Waals surface area contributed by atoms with E-state index in [1.807, 2.05) is 27.8 Å². The lowest BCUT2D eigenvalue weighted by Gasteiger charge is -2.31. The Labute approximate surface area is 229 Å². The van der Waals surface area contributed by atoms with Crippen molar-refractivity contribution in [1.29, 1.82) is 0 Å². The number of aromatic nitrogens is 3. The highest BCUT2D eigenvalue weighted by molar-refractivity contribution is 5.76. The summed E-state index contributed by atoms with van der Waals surface area (Å²) in [4.78, 5) is 16.0. The smallest absolute Gasteiger partial charge is 0.318 e. The molecule has 1 N–H and O–H groups in total. The first-order chi connectivity index (χ1) is 19.0. The number of nitrogens with zero attached hydrogens (tertiary/aromatic N) is 4. The second-order valence-corrected chi connectivity index (χ2v) is 10.2. The minimum atomic E-state index is -0.264. The number of rotatable bonds is 5. The molecule has 0 saturated carbocycles. The molecule has 1 aliphatic heterocycles. The molecule has 0 unspecified atom stereocenters. The zero-order valence-electron chi connectivity index (χ0n) is 22.6. The number of carbonyl (C=O) groups is 1. The number of urea groups is 1. The summed E-state index contributed by atoms with van der Waals surface area (Å²) >= 11 is 0. The average Bonchev–Trinajstić information content (AvgIpc) is 3.55. The Balaban J connectivity index is 1.48. The van der Waals surface area contributed by atoms with Crippen molar-refractivity contribution < 1.29 is 4.79 Å². The monoisotopic (exact) mass is 515 g/mol. The fourth-order valence-electron chi connectivity index (χ4n) is 5.43. The molecule has 0 fully saturated rings. The average molecular weight is 516 g/mol. The van der Waals surface area contributed by atoms with Crippen LogP contribution in [0.25, 0.3) is 11.5 Å². The van der Waals surface area contributed by atoms with Crippen LogP contribution in [-0.4, -0.2) is 25.3 Å². The number of amides is 2. The van der Waals surface area contributed by atoms with E-state index in [0.717, 1.165) is 46.0 Å². The minimum absolute atomic E-state index is 0.101. The predicted molar refractivity (Wildman–Crippen MR) is 154 cm³/mol. The molecule has 1 atom stereocenters. The zero-order valence-corrected chi connectivity index (χ0v) is 22.6. The summed E-state index contributed by atoms with van der Waals surface area (Å²) in [6, 6.07) is 30.8. The van der Waals surface area contributed by atoms with Gasteiger partial charge in [0.1, 0.15) is 5.82 Å². The van der Waals surface area contributed by atoms with Gasteiger partial charge in [-0.25, -0.2) is 9.48 Å². The molecule has 2 aromatic heterocycles. The van der Waals surface area contributed by atoms with Gasteiger partial charge >= 0.3 is 6.03 Å². The summed E-state index contributed by atoms with van der Waals surface area (Å²) in [6.45, 7) is 7.20. The van der Waals surface area contributed by atoms with Gasteiger partial charge in [-0.05, 0) is 55.7 Å². The molecule has 0 saturated heterocycles. The van der Waals surface area contributed by atoms with Gasteiger partial charge in [-0.1, -0.05) is 84.8 Å². The molecule has 2 amide bonds. The molecule has 3 heterocycles. The molecule has 0 aliphatic carbocycles. The number of nitrogens with one attached hydrogen (secondary N) is 1. The molecule has 0 spiro atoms. The van der Waals surface area contributed by atoms with Gasteiger partial charge in [0.05, 0.1) is 29.7 Å². The van der Waals surface area contributed by atoms with E-state index in [1.54, 1.807) is 0 Å². The van der Waals surface area contributed by atoms with Gasteiger partial charge in [-0.15, -0.1) is 0 Å². The quantitative estimate of drug-likeness (QED) is 0.285. The van der Waals surface area contributed by atoms with Gasteiger partial charge in [-0.3, -0.25) is 0 Å². The van der Waals surface area contributed by atoms with Crippen molar-refractivity contribution in [2.24, 2.45) is 0 Å². The summed E-state index contributed by atoms with van der Waals surface area (Å²) in [5.41, 5.74) is 8.63. The number of carbonyl (C=O) groups excluding carboxylic acids is 1. The van der Waals surface area contributed by atoms with Gasteiger partial charge in [-0.2, -0.15) is 5.10 Å². The molecular formula is C33H33N5O. The maximum Gasteiger partial charge on any atom is 0.318 e. The lowest BCUT2D eigenvalue weighted by atomic mass is 10.0. The third-order valence-electron chi connectivity index (χ3n) is 7.52. The van der Waals surface area contributed by atoms with E-state index in [0.29, 0.717) is 13.1 Å². The highest BCUT2D eigenvalue weighted by Gasteiger charge is 2.36. The molecule has 196 valence electrons. The van der Waals surface area contributed by atoms with Crippen LogP contribution in [0.2, 0.25) is 0 Å². The normalized spacial score (nSPS) is 14.4. The number of fused-ring (bicyclic) bond motifs is 3. The summed E-state index contributed by atoms with van der Waals surface area (Å²) in [5.74, 6) is 0.990. The van der Waals surface area contributed by atoms with Crippen molar-refractivity contribution in [3.05, 3.63) is 136 Å². The van der Waals surface area contributed by atoms with Crippen LogP contribution in [0.1, 0.15) is 52.2 Å². The Morgan fingerprint density at radius 3 is 2.28 bits per heavy atom. The van der Waals surface area contributed by atoms with Crippen molar-refractivity contribution >= 4 is 6.03 Å². The highest BCUT2D eigenvalue weighted by Crippen LogP contribution is 2.38. The zero-order chi connectivity index (χ0) is 26.9. The third kappa shape index (κ3) is 4.63. The van der Waals surface area contributed by atoms with Gasteiger partial charge < -0.3 is 14.8 Å². The number of para-hydroxylation sites is 1. The molecule has 1 aliphatic rings. The molecule has 0 bridgehead atoms. The molecule has 3 aromatic carbocycles. The Morgan fingerprint density at radius 2 is 1.59 bits per heavy atom. The molecule has 39 heavy (non-hydrogen) atoms. The van der Waals surface area contributed by atoms with Gasteiger partial charge in [0.25, 0.3) is 0 Å². The second-order valence-electron chi connectivity index (χ2n) is 10.2. The fourth-order valence-corrected chi connectivity index (χ4v) is 5.43. The van der Waals surface area contributed by atoms with Gasteiger partial charge in [0, 0.05) is 18.3 Å². The maximum absolute atomic E-state index is 14.0. The van der Waals surface area contributed by atoms with Crippen molar-refractivity contribution in [3.8, 4) is 11.5 Å². The Kier molecular flexibility index (Phi) is 6.53. The lowest BCUT2D eigenvalue weighted by Crippen LogP contribution is -2.41. The highest BCUT2D eigenvalue weighted by atomic mass is 16.2. The van der Waals surface area contributed by atoms with E-state index in [9.17, 15) is 4.79 Å². The first kappa shape index (κ1) is 24.7. The van der Waals surface area contributed by atoms with Crippen LogP contribution < -0.4 is 5.32 Å². The van der Waals surface area contributed by atoms with E-state index in [-0.39, 0.29) is 12.1 Å². The van der Waals surface area contributed by atoms with Crippen LogP contribution in [-0.2, 0) is 19.5 Å². The van der Waals surface area contributed by atoms with Gasteiger partial charge in [0.2, 0.25) is 0 Å². The molecule has 6 heteroatoms. The standard InChI is InChI=1S/C33H33N5O/c1-4-29-28-22-37(33(39)34-21-25-16-12-23(2)13-17-25)31(26-18-14-24(3)15-19-26)30-11-8-20-36(30)32(28)38(35-29)27-9-6-5-7-10-27/h5-20,31H,4,21-22H2,1-3H3,(H,34,39)/t31-/m0/s1. The SMILES string of the molecule is CCc1nn(-c2ccccc2)c2c1CN(C(=O)NCc1ccc(C)cc1)[C@@H](c1ccc(C)cc1)c1cccn1-2. The van der Waals surface area contributed by atoms with Crippen molar-refractivity contribution in [3.63, 3.8) is 0 Å². The Morgan fingerprint density at radius 1 is 0.897 bits per heavy atom. The molecule has 6 nitrogen and oxygen atoms in total. The van der Waals surface area contributed by atoms with E-state index >= 15 is 0 Å². The summed E-state index contributed by atoms with van der Waals surface area (Å²) in [6.07, 6.45) is 2.86. The fraction of sp³-hybridized carbons (Fsp3) is 0.212. The maximum atomic E-state index is 14.0. The van der Waals surface area contributed by atoms with E-state index in [4.69, 9.17) is 5.10 Å². The number of benzene rings is 3. The molecule has 5 aromatic rings. The lowest BCUT2D eigenvalue weighted by molar-refractivity contribution is 0.180. The van der Waals surface area contributed by atoms with Crippen molar-refractivity contribution in [2.75, 3.05) is 0 Å². The van der Waals surface area contributed by atoms with E-state index in [2.05, 4.69) is 110 Å². The largest absolute Gasteiger partial charge is 0.334 e. The first-order valence-electron chi connectivity index (χ1n) is 13.5. The van der Waals surface area contributed by atoms with Gasteiger partial charge in [0.15, 0.2) is 0 Å². The summed E-state index contributed by atoms with van der Waals surface area (Å²) in [5, 5.41) is 8.25. The first-order valence-corrected chi connectivity index (χ1v) is 13.5. The molecular weight excluding hydrogens is 482 g/mol. The number of hydrogen-bond acceptors (Lipinski definition) is 2. The minimum Gasteiger partial charge on any atom is -0.334 e. The number of hydrogen-bond donors (Lipinski definition) is 1. The van der Waals surface area contributed by atoms with Crippen LogP contribution in [0.4, 0.5) is 4.79 Å². The third-order valence-corrected chi connectivity index (χ3v) is 7.52. The molecule has 0 radical (unpaired) electrons. The van der Waals surface area contributed by atoms with Crippen LogP contribution >= 0.6 is 0 Å². The Hall–Kier alpha value is -4.58. The van der Waals surface area contributed by atoms with Crippen LogP contribution in [0.3, 0.4) is 0 Å². The second kappa shape index (κ2) is 10.3. The van der Waals surface area contributed by atoms with Crippen LogP contribution in [0.5, 0.6) is 0 Å². The van der Waals surface area contributed by atoms with E-state index < -0.39 is 0 Å². The van der Waals surface area contributed by atoms with Crippen molar-refractivity contribution in [1.82, 2.24) is 24.6 Å². The van der Waals surface area contributed by atoms with E-state index in [1.165, 1.54) is 11.1 Å². The summed E-state index contributed by atoms with van der Waals surface area (Å²) in [7, 11) is 0. The van der Waals surface area contributed by atoms with Crippen molar-refractivity contribution in [2.45, 2.75) is 46.3 Å². The summed E-state index contributed by atoms with van der Waals surface area (Å²) < 4.78 is 4.24. The van der Waals surface area contributed by atoms with Crippen LogP contribution in [0.15, 0.2) is 97.2 Å². The topological polar surface area (TPSA) is 55.1 Å². The van der Waals surface area contributed by atoms with Crippen LogP contribution in [0, 0.1) is 13.8 Å². The predicted octanol–water partition coefficient (Wildman–Crippen LogP) is 6.66. The Bertz CT molecular complexity index is 1600.